The first-order chi connectivity index (χ1) is 16.6. The highest BCUT2D eigenvalue weighted by Crippen LogP contribution is 2.34. The number of hydrogen-bond acceptors (Lipinski definition) is 6. The van der Waals surface area contributed by atoms with Gasteiger partial charge in [0.1, 0.15) is 11.6 Å². The molecule has 0 radical (unpaired) electrons. The number of aliphatic hydroxyl groups is 1. The van der Waals surface area contributed by atoms with Gasteiger partial charge in [-0.15, -0.1) is 0 Å². The largest absolute Gasteiger partial charge is 0.503 e. The second-order valence-electron chi connectivity index (χ2n) is 7.92. The van der Waals surface area contributed by atoms with Crippen LogP contribution in [0.1, 0.15) is 35.5 Å². The van der Waals surface area contributed by atoms with Crippen molar-refractivity contribution in [2.24, 2.45) is 0 Å². The zero-order chi connectivity index (χ0) is 25.8. The van der Waals surface area contributed by atoms with Crippen molar-refractivity contribution in [3.05, 3.63) is 87.7 Å². The lowest BCUT2D eigenvalue weighted by Crippen LogP contribution is -2.54. The average Bonchev–Trinajstić information content (AvgIpc) is 2.84. The van der Waals surface area contributed by atoms with Crippen molar-refractivity contribution in [1.82, 2.24) is 15.6 Å². The van der Waals surface area contributed by atoms with E-state index in [4.69, 9.17) is 27.9 Å². The third-order valence-electron chi connectivity index (χ3n) is 5.62. The molecular formula is C25H25Cl2N3O5. The van der Waals surface area contributed by atoms with E-state index in [0.717, 1.165) is 0 Å². The van der Waals surface area contributed by atoms with Crippen molar-refractivity contribution in [3.63, 3.8) is 0 Å². The number of carbonyl (C=O) groups excluding carboxylic acids is 2. The van der Waals surface area contributed by atoms with Crippen molar-refractivity contribution >= 4 is 35.0 Å². The number of carbonyl (C=O) groups is 2. The van der Waals surface area contributed by atoms with Gasteiger partial charge in [0.15, 0.2) is 17.2 Å². The van der Waals surface area contributed by atoms with Crippen LogP contribution in [0.25, 0.3) is 0 Å². The molecule has 0 spiro atoms. The van der Waals surface area contributed by atoms with Gasteiger partial charge < -0.3 is 25.6 Å². The highest BCUT2D eigenvalue weighted by Gasteiger charge is 2.39. The summed E-state index contributed by atoms with van der Waals surface area (Å²) in [4.78, 5) is 29.4. The molecule has 35 heavy (non-hydrogen) atoms. The average molecular weight is 518 g/mol. The zero-order valence-corrected chi connectivity index (χ0v) is 20.8. The molecule has 2 atom stereocenters. The van der Waals surface area contributed by atoms with Crippen molar-refractivity contribution < 1.29 is 24.5 Å². The number of methoxy groups -OCH3 is 1. The van der Waals surface area contributed by atoms with Gasteiger partial charge >= 0.3 is 0 Å². The Morgan fingerprint density at radius 3 is 1.94 bits per heavy atom. The Balaban J connectivity index is 1.82. The van der Waals surface area contributed by atoms with Gasteiger partial charge in [0.05, 0.1) is 13.2 Å². The van der Waals surface area contributed by atoms with E-state index >= 15 is 0 Å². The van der Waals surface area contributed by atoms with E-state index < -0.39 is 35.2 Å². The topological polar surface area (TPSA) is 121 Å². The number of nitrogens with one attached hydrogen (secondary N) is 2. The molecule has 3 rings (SSSR count). The van der Waals surface area contributed by atoms with Gasteiger partial charge in [0.25, 0.3) is 5.91 Å². The van der Waals surface area contributed by atoms with E-state index in [0.29, 0.717) is 21.2 Å². The summed E-state index contributed by atoms with van der Waals surface area (Å²) in [5, 5.41) is 28.2. The number of rotatable bonds is 8. The number of benzene rings is 2. The van der Waals surface area contributed by atoms with Gasteiger partial charge in [-0.25, -0.2) is 4.98 Å². The fourth-order valence-corrected chi connectivity index (χ4v) is 3.87. The molecule has 0 saturated carbocycles. The standard InChI is InChI=1S/C25H25Cl2N3O5/c1-14(29-24(33)21-22(31)20(35-3)12-13-28-21)23(32)30-15(2)25(34,16-4-8-18(26)9-5-16)17-6-10-19(27)11-7-17/h4-15,31,34H,1-3H3,(H,29,33)(H,30,32)/t14-,15-/m0/s1. The van der Waals surface area contributed by atoms with Gasteiger partial charge in [-0.1, -0.05) is 47.5 Å². The molecule has 1 heterocycles. The molecule has 0 unspecified atom stereocenters. The summed E-state index contributed by atoms with van der Waals surface area (Å²) in [5.41, 5.74) is -0.921. The lowest BCUT2D eigenvalue weighted by Gasteiger charge is -2.36. The number of aromatic nitrogens is 1. The molecule has 1 aromatic heterocycles. The summed E-state index contributed by atoms with van der Waals surface area (Å²) in [7, 11) is 1.34. The zero-order valence-electron chi connectivity index (χ0n) is 19.3. The van der Waals surface area contributed by atoms with E-state index in [1.165, 1.54) is 26.3 Å². The van der Waals surface area contributed by atoms with Crippen LogP contribution in [-0.2, 0) is 10.4 Å². The van der Waals surface area contributed by atoms with Crippen LogP contribution in [0.4, 0.5) is 0 Å². The van der Waals surface area contributed by atoms with Crippen LogP contribution in [0.3, 0.4) is 0 Å². The Labute approximate surface area is 212 Å². The van der Waals surface area contributed by atoms with Crippen LogP contribution in [-0.4, -0.2) is 46.2 Å². The first kappa shape index (κ1) is 26.3. The Kier molecular flexibility index (Phi) is 8.22. The maximum absolute atomic E-state index is 13.0. The molecule has 0 aliphatic carbocycles. The van der Waals surface area contributed by atoms with Crippen LogP contribution in [0.15, 0.2) is 60.8 Å². The smallest absolute Gasteiger partial charge is 0.274 e. The summed E-state index contributed by atoms with van der Waals surface area (Å²) >= 11 is 12.0. The third kappa shape index (κ3) is 5.67. The second kappa shape index (κ2) is 10.9. The Morgan fingerprint density at radius 1 is 0.943 bits per heavy atom. The molecular weight excluding hydrogens is 493 g/mol. The highest BCUT2D eigenvalue weighted by atomic mass is 35.5. The molecule has 0 fully saturated rings. The summed E-state index contributed by atoms with van der Waals surface area (Å²) in [6, 6.07) is 12.8. The Bertz CT molecular complexity index is 1160. The third-order valence-corrected chi connectivity index (χ3v) is 6.12. The van der Waals surface area contributed by atoms with Crippen LogP contribution in [0.2, 0.25) is 10.0 Å². The minimum atomic E-state index is -1.64. The fourth-order valence-electron chi connectivity index (χ4n) is 3.62. The molecule has 2 aromatic carbocycles. The van der Waals surface area contributed by atoms with E-state index in [2.05, 4.69) is 15.6 Å². The highest BCUT2D eigenvalue weighted by molar-refractivity contribution is 6.30. The first-order valence-corrected chi connectivity index (χ1v) is 11.4. The van der Waals surface area contributed by atoms with Gasteiger partial charge in [-0.2, -0.15) is 0 Å². The van der Waals surface area contributed by atoms with Crippen LogP contribution in [0.5, 0.6) is 11.5 Å². The molecule has 10 heteroatoms. The van der Waals surface area contributed by atoms with Gasteiger partial charge in [0, 0.05) is 22.3 Å². The normalized spacial score (nSPS) is 13.0. The maximum atomic E-state index is 13.0. The number of halogens is 2. The number of nitrogens with zero attached hydrogens (tertiary/aromatic N) is 1. The van der Waals surface area contributed by atoms with Crippen LogP contribution in [0, 0.1) is 0 Å². The molecule has 0 aliphatic heterocycles. The Hall–Kier alpha value is -3.33. The predicted octanol–water partition coefficient (Wildman–Crippen LogP) is 3.66. The number of pyridine rings is 1. The molecule has 2 amide bonds. The fraction of sp³-hybridized carbons (Fsp3) is 0.240. The lowest BCUT2D eigenvalue weighted by atomic mass is 9.80. The lowest BCUT2D eigenvalue weighted by molar-refractivity contribution is -0.124. The predicted molar refractivity (Wildman–Crippen MR) is 133 cm³/mol. The van der Waals surface area contributed by atoms with E-state index in [1.54, 1.807) is 55.5 Å². The number of amides is 2. The number of hydrogen-bond donors (Lipinski definition) is 4. The van der Waals surface area contributed by atoms with Crippen molar-refractivity contribution in [1.29, 1.82) is 0 Å². The van der Waals surface area contributed by atoms with E-state index in [9.17, 15) is 19.8 Å². The summed E-state index contributed by atoms with van der Waals surface area (Å²) in [5.74, 6) is -1.68. The van der Waals surface area contributed by atoms with Gasteiger partial charge in [-0.3, -0.25) is 9.59 Å². The maximum Gasteiger partial charge on any atom is 0.274 e. The van der Waals surface area contributed by atoms with E-state index in [-0.39, 0.29) is 11.4 Å². The minimum Gasteiger partial charge on any atom is -0.503 e. The number of ether oxygens (including phenoxy) is 1. The number of aromatic hydroxyl groups is 1. The van der Waals surface area contributed by atoms with Crippen LogP contribution >= 0.6 is 23.2 Å². The second-order valence-corrected chi connectivity index (χ2v) is 8.79. The molecule has 4 N–H and O–H groups in total. The quantitative estimate of drug-likeness (QED) is 0.361. The van der Waals surface area contributed by atoms with Crippen molar-refractivity contribution in [2.45, 2.75) is 31.5 Å². The summed E-state index contributed by atoms with van der Waals surface area (Å²) < 4.78 is 4.98. The van der Waals surface area contributed by atoms with Gasteiger partial charge in [-0.05, 0) is 49.2 Å². The SMILES string of the molecule is COc1ccnc(C(=O)N[C@@H](C)C(=O)N[C@@H](C)C(O)(c2ccc(Cl)cc2)c2ccc(Cl)cc2)c1O. The first-order valence-electron chi connectivity index (χ1n) is 10.7. The molecule has 0 saturated heterocycles. The molecule has 0 bridgehead atoms. The monoisotopic (exact) mass is 517 g/mol. The molecule has 8 nitrogen and oxygen atoms in total. The summed E-state index contributed by atoms with van der Waals surface area (Å²) in [6.45, 7) is 3.12. The van der Waals surface area contributed by atoms with Crippen molar-refractivity contribution in [2.75, 3.05) is 7.11 Å². The van der Waals surface area contributed by atoms with Crippen molar-refractivity contribution in [3.8, 4) is 11.5 Å². The van der Waals surface area contributed by atoms with Gasteiger partial charge in [0.2, 0.25) is 5.91 Å². The van der Waals surface area contributed by atoms with Crippen LogP contribution < -0.4 is 15.4 Å². The summed E-state index contributed by atoms with van der Waals surface area (Å²) in [6.07, 6.45) is 1.30. The minimum absolute atomic E-state index is 0.0758. The molecule has 0 aliphatic rings. The molecule has 184 valence electrons. The van der Waals surface area contributed by atoms with E-state index in [1.807, 2.05) is 0 Å². The molecule has 3 aromatic rings. The Morgan fingerprint density at radius 2 is 1.46 bits per heavy atom.